The molecule has 4 rings (SSSR count). The van der Waals surface area contributed by atoms with Crippen LogP contribution < -0.4 is 10.9 Å². The maximum absolute atomic E-state index is 13.3. The number of fused-ring (bicyclic) bond motifs is 1. The first-order valence-electron chi connectivity index (χ1n) is 10.8. The number of ether oxygens (including phenoxy) is 1. The van der Waals surface area contributed by atoms with Gasteiger partial charge in [-0.05, 0) is 18.9 Å². The van der Waals surface area contributed by atoms with Gasteiger partial charge in [0, 0.05) is 37.3 Å². The number of halogens is 3. The smallest absolute Gasteiger partial charge is 0.393 e. The van der Waals surface area contributed by atoms with Gasteiger partial charge in [0.05, 0.1) is 25.3 Å². The SMILES string of the molecule is CC(Cn1c(O)c(C(=O)NC2CC2)c(=O)n2ncc(C=CC(=O)N3CCOCC3)c12)C(F)(F)F. The lowest BCUT2D eigenvalue weighted by atomic mass is 10.1. The molecule has 2 aromatic heterocycles. The Bertz CT molecular complexity index is 1190. The highest BCUT2D eigenvalue weighted by atomic mass is 19.4. The molecule has 3 heterocycles. The van der Waals surface area contributed by atoms with Gasteiger partial charge in [-0.25, -0.2) is 0 Å². The van der Waals surface area contributed by atoms with Gasteiger partial charge in [-0.15, -0.1) is 0 Å². The Morgan fingerprint density at radius 2 is 2.00 bits per heavy atom. The molecule has 2 fully saturated rings. The number of hydrogen-bond donors (Lipinski definition) is 2. The summed E-state index contributed by atoms with van der Waals surface area (Å²) in [6, 6.07) is -0.146. The summed E-state index contributed by atoms with van der Waals surface area (Å²) in [7, 11) is 0. The second-order valence-corrected chi connectivity index (χ2v) is 8.41. The molecule has 34 heavy (non-hydrogen) atoms. The molecule has 0 radical (unpaired) electrons. The molecule has 0 aromatic carbocycles. The first kappa shape index (κ1) is 23.8. The summed E-state index contributed by atoms with van der Waals surface area (Å²) >= 11 is 0. The lowest BCUT2D eigenvalue weighted by Gasteiger charge is -2.25. The van der Waals surface area contributed by atoms with Crippen LogP contribution in [0.25, 0.3) is 11.7 Å². The van der Waals surface area contributed by atoms with Crippen LogP contribution in [0.5, 0.6) is 5.88 Å². The molecule has 2 N–H and O–H groups in total. The minimum atomic E-state index is -4.59. The number of nitrogens with one attached hydrogen (secondary N) is 1. The van der Waals surface area contributed by atoms with Crippen LogP contribution in [0.3, 0.4) is 0 Å². The highest BCUT2D eigenvalue weighted by molar-refractivity contribution is 5.97. The van der Waals surface area contributed by atoms with Gasteiger partial charge in [0.25, 0.3) is 11.5 Å². The number of hydrogen-bond acceptors (Lipinski definition) is 6. The first-order chi connectivity index (χ1) is 16.1. The number of carbonyl (C=O) groups excluding carboxylic acids is 2. The Labute approximate surface area is 191 Å². The zero-order chi connectivity index (χ0) is 24.6. The Kier molecular flexibility index (Phi) is 6.39. The average Bonchev–Trinajstić information content (AvgIpc) is 3.50. The lowest BCUT2D eigenvalue weighted by molar-refractivity contribution is -0.172. The average molecular weight is 483 g/mol. The predicted molar refractivity (Wildman–Crippen MR) is 113 cm³/mol. The molecular weight excluding hydrogens is 459 g/mol. The number of nitrogens with zero attached hydrogens (tertiary/aromatic N) is 4. The number of rotatable bonds is 6. The van der Waals surface area contributed by atoms with Gasteiger partial charge in [0.2, 0.25) is 11.8 Å². The summed E-state index contributed by atoms with van der Waals surface area (Å²) in [6.45, 7) is 1.73. The maximum Gasteiger partial charge on any atom is 0.393 e. The van der Waals surface area contributed by atoms with Crippen LogP contribution >= 0.6 is 0 Å². The fourth-order valence-corrected chi connectivity index (χ4v) is 3.61. The zero-order valence-corrected chi connectivity index (χ0v) is 18.3. The molecule has 2 amide bonds. The zero-order valence-electron chi connectivity index (χ0n) is 18.3. The fourth-order valence-electron chi connectivity index (χ4n) is 3.61. The van der Waals surface area contributed by atoms with Crippen molar-refractivity contribution in [2.45, 2.75) is 38.5 Å². The Hall–Kier alpha value is -3.35. The van der Waals surface area contributed by atoms with Gasteiger partial charge in [-0.2, -0.15) is 22.8 Å². The minimum absolute atomic E-state index is 0.137. The van der Waals surface area contributed by atoms with E-state index in [4.69, 9.17) is 4.74 Å². The molecule has 1 aliphatic carbocycles. The number of aromatic hydroxyl groups is 1. The van der Waals surface area contributed by atoms with Crippen molar-refractivity contribution < 1.29 is 32.6 Å². The Morgan fingerprint density at radius 3 is 2.62 bits per heavy atom. The molecule has 13 heteroatoms. The molecule has 0 spiro atoms. The monoisotopic (exact) mass is 483 g/mol. The van der Waals surface area contributed by atoms with E-state index in [1.807, 2.05) is 0 Å². The van der Waals surface area contributed by atoms with E-state index in [2.05, 4.69) is 10.4 Å². The second-order valence-electron chi connectivity index (χ2n) is 8.41. The third-order valence-electron chi connectivity index (χ3n) is 5.80. The molecule has 1 aliphatic heterocycles. The molecule has 1 atom stereocenters. The van der Waals surface area contributed by atoms with Crippen molar-refractivity contribution in [2.24, 2.45) is 5.92 Å². The van der Waals surface area contributed by atoms with Gasteiger partial charge >= 0.3 is 6.18 Å². The standard InChI is InChI=1S/C21H24F3N5O5/c1-12(21(22,23)24)11-28-18-13(2-5-15(30)27-6-8-34-9-7-27)10-25-29(18)20(33)16(19(28)32)17(31)26-14-3-4-14/h2,5,10,12,14,32H,3-4,6-9,11H2,1H3,(H,26,31). The second kappa shape index (κ2) is 9.12. The minimum Gasteiger partial charge on any atom is -0.494 e. The van der Waals surface area contributed by atoms with Crippen molar-refractivity contribution in [2.75, 3.05) is 26.3 Å². The molecule has 1 unspecified atom stereocenters. The van der Waals surface area contributed by atoms with E-state index in [0.717, 1.165) is 16.0 Å². The summed E-state index contributed by atoms with van der Waals surface area (Å²) in [5.74, 6) is -4.02. The largest absolute Gasteiger partial charge is 0.494 e. The van der Waals surface area contributed by atoms with Crippen LogP contribution in [0.2, 0.25) is 0 Å². The van der Waals surface area contributed by atoms with Crippen LogP contribution in [0, 0.1) is 5.92 Å². The van der Waals surface area contributed by atoms with Gasteiger partial charge in [0.1, 0.15) is 5.65 Å². The van der Waals surface area contributed by atoms with Crippen molar-refractivity contribution >= 4 is 23.5 Å². The molecule has 0 bridgehead atoms. The summed E-state index contributed by atoms with van der Waals surface area (Å²) in [6.07, 6.45) is 0.554. The quantitative estimate of drug-likeness (QED) is 0.596. The number of aromatic nitrogens is 3. The highest BCUT2D eigenvalue weighted by Gasteiger charge is 2.38. The maximum atomic E-state index is 13.3. The van der Waals surface area contributed by atoms with E-state index >= 15 is 0 Å². The van der Waals surface area contributed by atoms with Crippen LogP contribution in [-0.4, -0.2) is 74.5 Å². The molecule has 184 valence electrons. The van der Waals surface area contributed by atoms with Gasteiger partial charge in [-0.3, -0.25) is 19.0 Å². The van der Waals surface area contributed by atoms with E-state index in [9.17, 15) is 32.7 Å². The molecule has 10 nitrogen and oxygen atoms in total. The van der Waals surface area contributed by atoms with Crippen molar-refractivity contribution in [3.63, 3.8) is 0 Å². The molecule has 2 aliphatic rings. The first-order valence-corrected chi connectivity index (χ1v) is 10.8. The third kappa shape index (κ3) is 4.79. The van der Waals surface area contributed by atoms with Crippen molar-refractivity contribution in [1.82, 2.24) is 24.4 Å². The van der Waals surface area contributed by atoms with Crippen molar-refractivity contribution in [3.8, 4) is 5.88 Å². The van der Waals surface area contributed by atoms with E-state index in [1.165, 1.54) is 18.3 Å². The third-order valence-corrected chi connectivity index (χ3v) is 5.80. The topological polar surface area (TPSA) is 118 Å². The van der Waals surface area contributed by atoms with Crippen LogP contribution in [0.15, 0.2) is 17.1 Å². The summed E-state index contributed by atoms with van der Waals surface area (Å²) in [5.41, 5.74) is -1.68. The lowest BCUT2D eigenvalue weighted by Crippen LogP contribution is -2.39. The Morgan fingerprint density at radius 1 is 1.32 bits per heavy atom. The predicted octanol–water partition coefficient (Wildman–Crippen LogP) is 1.16. The van der Waals surface area contributed by atoms with Crippen molar-refractivity contribution in [3.05, 3.63) is 33.8 Å². The normalized spacial score (nSPS) is 17.9. The van der Waals surface area contributed by atoms with E-state index in [0.29, 0.717) is 39.1 Å². The van der Waals surface area contributed by atoms with Crippen molar-refractivity contribution in [1.29, 1.82) is 0 Å². The van der Waals surface area contributed by atoms with Crippen LogP contribution in [0.4, 0.5) is 13.2 Å². The van der Waals surface area contributed by atoms with Crippen LogP contribution in [0.1, 0.15) is 35.7 Å². The van der Waals surface area contributed by atoms with Gasteiger partial charge < -0.3 is 20.1 Å². The van der Waals surface area contributed by atoms with Gasteiger partial charge in [-0.1, -0.05) is 6.92 Å². The highest BCUT2D eigenvalue weighted by Crippen LogP contribution is 2.31. The molecule has 1 saturated heterocycles. The number of alkyl halides is 3. The fraction of sp³-hybridized carbons (Fsp3) is 0.524. The number of morpholine rings is 1. The molecular formula is C21H24F3N5O5. The van der Waals surface area contributed by atoms with Gasteiger partial charge in [0.15, 0.2) is 5.56 Å². The number of amides is 2. The summed E-state index contributed by atoms with van der Waals surface area (Å²) in [5, 5.41) is 17.3. The van der Waals surface area contributed by atoms with E-state index in [-0.39, 0.29) is 23.2 Å². The number of carbonyl (C=O) groups is 2. The van der Waals surface area contributed by atoms with E-state index in [1.54, 1.807) is 4.90 Å². The molecule has 2 aromatic rings. The van der Waals surface area contributed by atoms with E-state index < -0.39 is 41.5 Å². The molecule has 1 saturated carbocycles. The Balaban J connectivity index is 1.78. The summed E-state index contributed by atoms with van der Waals surface area (Å²) < 4.78 is 46.8. The summed E-state index contributed by atoms with van der Waals surface area (Å²) in [4.78, 5) is 39.5. The van der Waals surface area contributed by atoms with Crippen LogP contribution in [-0.2, 0) is 16.1 Å².